The van der Waals surface area contributed by atoms with E-state index >= 15 is 0 Å². The van der Waals surface area contributed by atoms with Gasteiger partial charge in [-0.15, -0.1) is 0 Å². The third-order valence-electron chi connectivity index (χ3n) is 4.97. The molecule has 3 heterocycles. The van der Waals surface area contributed by atoms with Crippen molar-refractivity contribution in [2.75, 3.05) is 5.73 Å². The Kier molecular flexibility index (Phi) is 4.07. The molecule has 1 amide bonds. The van der Waals surface area contributed by atoms with Crippen molar-refractivity contribution in [2.24, 2.45) is 11.7 Å². The monoisotopic (exact) mass is 377 g/mol. The molecular weight excluding hydrogens is 358 g/mol. The van der Waals surface area contributed by atoms with Crippen LogP contribution >= 0.6 is 0 Å². The fraction of sp³-hybridized carbons (Fsp3) is 0.211. The number of carbonyl (C=O) groups is 1. The standard InChI is InChI=1S/C19H19N7O2/c1-9-3-4-13(27)10(2)16(9)26-17(20)14(18(21)28)15-19(26)22-8-12(25-15)11-5-6-23-24-7-11/h4-9,27H,3,20H2,1-2H3,(H2,21,28)/t9-/m1/s1. The Labute approximate surface area is 160 Å². The lowest BCUT2D eigenvalue weighted by Gasteiger charge is -2.24. The van der Waals surface area contributed by atoms with Gasteiger partial charge in [0.15, 0.2) is 5.65 Å². The van der Waals surface area contributed by atoms with Crippen LogP contribution in [-0.4, -0.2) is 35.7 Å². The number of nitrogens with zero attached hydrogens (tertiary/aromatic N) is 5. The molecule has 0 saturated heterocycles. The van der Waals surface area contributed by atoms with Crippen molar-refractivity contribution in [2.45, 2.75) is 20.3 Å². The average Bonchev–Trinajstić information content (AvgIpc) is 2.97. The summed E-state index contributed by atoms with van der Waals surface area (Å²) < 4.78 is 1.67. The highest BCUT2D eigenvalue weighted by Gasteiger charge is 2.28. The Balaban J connectivity index is 2.04. The summed E-state index contributed by atoms with van der Waals surface area (Å²) in [5.74, 6) is -0.298. The molecule has 9 heteroatoms. The molecule has 28 heavy (non-hydrogen) atoms. The number of rotatable bonds is 3. The molecule has 5 N–H and O–H groups in total. The summed E-state index contributed by atoms with van der Waals surface area (Å²) in [5, 5.41) is 17.8. The second-order valence-corrected chi connectivity index (χ2v) is 6.75. The first-order valence-corrected chi connectivity index (χ1v) is 8.74. The number of nitrogen functional groups attached to an aromatic ring is 1. The Morgan fingerprint density at radius 2 is 2.11 bits per heavy atom. The minimum Gasteiger partial charge on any atom is -0.508 e. The number of nitrogens with two attached hydrogens (primary N) is 2. The Bertz CT molecular complexity index is 1160. The molecule has 9 nitrogen and oxygen atoms in total. The summed E-state index contributed by atoms with van der Waals surface area (Å²) in [6.07, 6.45) is 7.08. The highest BCUT2D eigenvalue weighted by molar-refractivity contribution is 6.10. The van der Waals surface area contributed by atoms with E-state index in [0.29, 0.717) is 34.4 Å². The molecule has 0 aliphatic heterocycles. The summed E-state index contributed by atoms with van der Waals surface area (Å²) in [7, 11) is 0. The maximum Gasteiger partial charge on any atom is 0.254 e. The number of aliphatic hydroxyl groups is 1. The number of primary amides is 1. The highest BCUT2D eigenvalue weighted by Crippen LogP contribution is 2.38. The van der Waals surface area contributed by atoms with Gasteiger partial charge in [0.25, 0.3) is 5.91 Å². The molecule has 3 aromatic rings. The summed E-state index contributed by atoms with van der Waals surface area (Å²) in [6, 6.07) is 1.74. The molecule has 0 spiro atoms. The number of aliphatic hydroxyl groups excluding tert-OH is 1. The van der Waals surface area contributed by atoms with Crippen molar-refractivity contribution in [3.05, 3.63) is 47.6 Å². The molecule has 4 rings (SSSR count). The smallest absolute Gasteiger partial charge is 0.254 e. The first kappa shape index (κ1) is 17.7. The van der Waals surface area contributed by atoms with Gasteiger partial charge < -0.3 is 16.6 Å². The van der Waals surface area contributed by atoms with Crippen LogP contribution in [0.4, 0.5) is 5.82 Å². The van der Waals surface area contributed by atoms with Crippen LogP contribution in [0.5, 0.6) is 0 Å². The van der Waals surface area contributed by atoms with E-state index in [1.54, 1.807) is 42.2 Å². The van der Waals surface area contributed by atoms with E-state index in [-0.39, 0.29) is 23.1 Å². The zero-order chi connectivity index (χ0) is 20.0. The number of allylic oxidation sites excluding steroid dienone is 3. The molecule has 0 fully saturated rings. The Morgan fingerprint density at radius 1 is 1.32 bits per heavy atom. The van der Waals surface area contributed by atoms with Crippen molar-refractivity contribution in [1.82, 2.24) is 24.7 Å². The Hall–Kier alpha value is -3.75. The van der Waals surface area contributed by atoms with Crippen molar-refractivity contribution < 1.29 is 9.90 Å². The highest BCUT2D eigenvalue weighted by atomic mass is 16.3. The van der Waals surface area contributed by atoms with Crippen LogP contribution in [0.15, 0.2) is 42.1 Å². The molecule has 0 saturated carbocycles. The molecule has 0 unspecified atom stereocenters. The summed E-state index contributed by atoms with van der Waals surface area (Å²) in [4.78, 5) is 21.3. The zero-order valence-electron chi connectivity index (χ0n) is 15.4. The Morgan fingerprint density at radius 3 is 2.79 bits per heavy atom. The molecule has 0 aromatic carbocycles. The van der Waals surface area contributed by atoms with Crippen LogP contribution in [0.1, 0.15) is 30.6 Å². The van der Waals surface area contributed by atoms with Crippen LogP contribution in [0.25, 0.3) is 28.1 Å². The number of aromatic nitrogens is 5. The van der Waals surface area contributed by atoms with Crippen molar-refractivity contribution in [3.63, 3.8) is 0 Å². The van der Waals surface area contributed by atoms with Gasteiger partial charge >= 0.3 is 0 Å². The molecule has 1 aliphatic carbocycles. The SMILES string of the molecule is CC1=C(n2c(N)c(C(N)=O)c3nc(-c4ccnnc4)cnc32)[C@H](C)CC=C1O. The number of anilines is 1. The first-order valence-electron chi connectivity index (χ1n) is 8.74. The molecule has 0 bridgehead atoms. The fourth-order valence-electron chi connectivity index (χ4n) is 3.57. The van der Waals surface area contributed by atoms with Gasteiger partial charge in [-0.25, -0.2) is 9.97 Å². The van der Waals surface area contributed by atoms with Gasteiger partial charge in [-0.2, -0.15) is 10.2 Å². The molecule has 142 valence electrons. The summed E-state index contributed by atoms with van der Waals surface area (Å²) in [5.41, 5.74) is 15.4. The molecule has 3 aromatic heterocycles. The number of hydrogen-bond donors (Lipinski definition) is 3. The van der Waals surface area contributed by atoms with E-state index in [4.69, 9.17) is 11.5 Å². The van der Waals surface area contributed by atoms with Crippen molar-refractivity contribution in [3.8, 4) is 11.3 Å². The quantitative estimate of drug-likeness (QED) is 0.634. The van der Waals surface area contributed by atoms with E-state index in [1.165, 1.54) is 0 Å². The van der Waals surface area contributed by atoms with Gasteiger partial charge in [0.05, 0.1) is 24.3 Å². The lowest BCUT2D eigenvalue weighted by atomic mass is 9.93. The average molecular weight is 377 g/mol. The van der Waals surface area contributed by atoms with Gasteiger partial charge in [-0.05, 0) is 25.5 Å². The van der Waals surface area contributed by atoms with Crippen molar-refractivity contribution >= 4 is 28.6 Å². The van der Waals surface area contributed by atoms with E-state index < -0.39 is 5.91 Å². The number of fused-ring (bicyclic) bond motifs is 1. The van der Waals surface area contributed by atoms with Gasteiger partial charge in [-0.3, -0.25) is 9.36 Å². The summed E-state index contributed by atoms with van der Waals surface area (Å²) >= 11 is 0. The largest absolute Gasteiger partial charge is 0.508 e. The normalized spacial score (nSPS) is 17.1. The third kappa shape index (κ3) is 2.59. The van der Waals surface area contributed by atoms with E-state index in [9.17, 15) is 9.90 Å². The predicted octanol–water partition coefficient (Wildman–Crippen LogP) is 2.28. The van der Waals surface area contributed by atoms with E-state index in [2.05, 4.69) is 20.2 Å². The van der Waals surface area contributed by atoms with Gasteiger partial charge in [0.2, 0.25) is 0 Å². The van der Waals surface area contributed by atoms with Crippen LogP contribution in [0, 0.1) is 5.92 Å². The molecule has 1 aliphatic rings. The predicted molar refractivity (Wildman–Crippen MR) is 105 cm³/mol. The lowest BCUT2D eigenvalue weighted by molar-refractivity contribution is 0.100. The van der Waals surface area contributed by atoms with Crippen LogP contribution in [-0.2, 0) is 0 Å². The number of carbonyl (C=O) groups excluding carboxylic acids is 1. The number of amides is 1. The zero-order valence-corrected chi connectivity index (χ0v) is 15.4. The van der Waals surface area contributed by atoms with Crippen molar-refractivity contribution in [1.29, 1.82) is 0 Å². The van der Waals surface area contributed by atoms with E-state index in [1.807, 2.05) is 6.92 Å². The minimum atomic E-state index is -0.693. The maximum absolute atomic E-state index is 12.2. The van der Waals surface area contributed by atoms with E-state index in [0.717, 1.165) is 5.70 Å². The third-order valence-corrected chi connectivity index (χ3v) is 4.97. The van der Waals surface area contributed by atoms with Gasteiger partial charge in [-0.1, -0.05) is 6.92 Å². The topological polar surface area (TPSA) is 146 Å². The summed E-state index contributed by atoms with van der Waals surface area (Å²) in [6.45, 7) is 3.82. The van der Waals surface area contributed by atoms with Crippen LogP contribution in [0.3, 0.4) is 0 Å². The second-order valence-electron chi connectivity index (χ2n) is 6.75. The molecule has 0 radical (unpaired) electrons. The van der Waals surface area contributed by atoms with Gasteiger partial charge in [0, 0.05) is 22.8 Å². The van der Waals surface area contributed by atoms with Gasteiger partial charge in [0.1, 0.15) is 22.7 Å². The van der Waals surface area contributed by atoms with Crippen LogP contribution < -0.4 is 11.5 Å². The minimum absolute atomic E-state index is 0.0559. The first-order chi connectivity index (χ1) is 13.4. The molecule has 1 atom stereocenters. The fourth-order valence-corrected chi connectivity index (χ4v) is 3.57. The molecular formula is C19H19N7O2. The van der Waals surface area contributed by atoms with Crippen LogP contribution in [0.2, 0.25) is 0 Å². The maximum atomic E-state index is 12.2. The second kappa shape index (κ2) is 6.45. The number of hydrogen-bond acceptors (Lipinski definition) is 7. The lowest BCUT2D eigenvalue weighted by Crippen LogP contribution is -2.17.